The van der Waals surface area contributed by atoms with E-state index in [0.29, 0.717) is 49.7 Å². The third-order valence-electron chi connectivity index (χ3n) is 10.5. The molecule has 3 N–H and O–H groups in total. The lowest BCUT2D eigenvalue weighted by Gasteiger charge is -2.28. The zero-order chi connectivity index (χ0) is 43.2. The molecular formula is C50H84O6. The molecule has 0 spiro atoms. The molecule has 6 heteroatoms. The van der Waals surface area contributed by atoms with Crippen LogP contribution < -0.4 is 0 Å². The maximum absolute atomic E-state index is 12.1. The number of esters is 1. The van der Waals surface area contributed by atoms with E-state index in [-0.39, 0.29) is 33.5 Å². The molecule has 6 nitrogen and oxygen atoms in total. The van der Waals surface area contributed by atoms with Crippen molar-refractivity contribution in [2.45, 2.75) is 209 Å². The van der Waals surface area contributed by atoms with E-state index in [9.17, 15) is 24.9 Å². The van der Waals surface area contributed by atoms with Crippen LogP contribution in [0.4, 0.5) is 0 Å². The van der Waals surface area contributed by atoms with Crippen LogP contribution in [0.2, 0.25) is 0 Å². The number of carbonyl (C=O) groups excluding carboxylic acids is 1. The highest BCUT2D eigenvalue weighted by molar-refractivity contribution is 5.70. The lowest BCUT2D eigenvalue weighted by molar-refractivity contribution is -0.144. The number of aryl methyl sites for hydroxylation is 1. The van der Waals surface area contributed by atoms with Gasteiger partial charge in [0.2, 0.25) is 0 Å². The second kappa shape index (κ2) is 22.2. The summed E-state index contributed by atoms with van der Waals surface area (Å²) in [5.74, 6) is 0.960. The van der Waals surface area contributed by atoms with Crippen molar-refractivity contribution in [1.29, 1.82) is 0 Å². The number of carbonyl (C=O) groups is 2. The van der Waals surface area contributed by atoms with Crippen LogP contribution in [0.25, 0.3) is 0 Å². The molecule has 0 saturated carbocycles. The number of carboxylic acids is 1. The average molecular weight is 781 g/mol. The quantitative estimate of drug-likeness (QED) is 0.103. The zero-order valence-corrected chi connectivity index (χ0v) is 38.8. The van der Waals surface area contributed by atoms with Gasteiger partial charge in [0.1, 0.15) is 11.5 Å². The summed E-state index contributed by atoms with van der Waals surface area (Å²) in [4.78, 5) is 24.0. The van der Waals surface area contributed by atoms with E-state index < -0.39 is 5.97 Å². The lowest BCUT2D eigenvalue weighted by atomic mass is 9.77. The van der Waals surface area contributed by atoms with Crippen molar-refractivity contribution in [1.82, 2.24) is 0 Å². The number of carboxylic acid groups (broad SMARTS) is 1. The van der Waals surface area contributed by atoms with E-state index in [2.05, 4.69) is 111 Å². The highest BCUT2D eigenvalue weighted by Crippen LogP contribution is 2.41. The van der Waals surface area contributed by atoms with E-state index >= 15 is 0 Å². The molecule has 2 aromatic carbocycles. The second-order valence-corrected chi connectivity index (χ2v) is 21.3. The fourth-order valence-electron chi connectivity index (χ4n) is 6.99. The predicted octanol–water partition coefficient (Wildman–Crippen LogP) is 13.5. The van der Waals surface area contributed by atoms with Crippen LogP contribution in [-0.2, 0) is 48.8 Å². The number of phenols is 2. The number of unbranched alkanes of at least 4 members (excludes halogenated alkanes) is 4. The van der Waals surface area contributed by atoms with Gasteiger partial charge in [0, 0.05) is 6.42 Å². The molecule has 0 aromatic heterocycles. The average Bonchev–Trinajstić information content (AvgIpc) is 3.03. The Morgan fingerprint density at radius 3 is 1.27 bits per heavy atom. The molecule has 0 amide bonds. The summed E-state index contributed by atoms with van der Waals surface area (Å²) in [6.45, 7) is 34.6. The van der Waals surface area contributed by atoms with Crippen molar-refractivity contribution in [3.05, 3.63) is 57.6 Å². The second-order valence-electron chi connectivity index (χ2n) is 21.3. The van der Waals surface area contributed by atoms with E-state index in [1.807, 2.05) is 24.3 Å². The summed E-state index contributed by atoms with van der Waals surface area (Å²) in [5.41, 5.74) is 5.07. The van der Waals surface area contributed by atoms with Gasteiger partial charge in [-0.25, -0.2) is 0 Å². The van der Waals surface area contributed by atoms with Crippen LogP contribution in [-0.4, -0.2) is 33.9 Å². The maximum Gasteiger partial charge on any atom is 0.306 e. The first-order valence-corrected chi connectivity index (χ1v) is 21.7. The molecule has 320 valence electrons. The summed E-state index contributed by atoms with van der Waals surface area (Å²) in [7, 11) is 0. The van der Waals surface area contributed by atoms with Gasteiger partial charge in [-0.05, 0) is 92.6 Å². The van der Waals surface area contributed by atoms with Gasteiger partial charge in [0.15, 0.2) is 0 Å². The van der Waals surface area contributed by atoms with Crippen molar-refractivity contribution in [3.63, 3.8) is 0 Å². The van der Waals surface area contributed by atoms with Crippen molar-refractivity contribution < 1.29 is 29.6 Å². The van der Waals surface area contributed by atoms with Gasteiger partial charge in [-0.1, -0.05) is 180 Å². The summed E-state index contributed by atoms with van der Waals surface area (Å²) >= 11 is 0. The number of rotatable bonds is 18. The smallest absolute Gasteiger partial charge is 0.306 e. The van der Waals surface area contributed by atoms with E-state index in [4.69, 9.17) is 4.74 Å². The topological polar surface area (TPSA) is 104 Å². The maximum atomic E-state index is 12.1. The van der Waals surface area contributed by atoms with Crippen molar-refractivity contribution >= 4 is 11.9 Å². The number of phenolic OH excluding ortho intramolecular Hbond substituents is 2. The van der Waals surface area contributed by atoms with Crippen LogP contribution >= 0.6 is 0 Å². The molecule has 0 aliphatic rings. The number of benzene rings is 2. The molecule has 1 atom stereocenters. The third-order valence-corrected chi connectivity index (χ3v) is 10.5. The van der Waals surface area contributed by atoms with E-state index in [1.54, 1.807) is 0 Å². The first kappa shape index (κ1) is 51.0. The molecule has 0 aliphatic carbocycles. The fourth-order valence-corrected chi connectivity index (χ4v) is 6.99. The van der Waals surface area contributed by atoms with Gasteiger partial charge < -0.3 is 20.1 Å². The zero-order valence-electron chi connectivity index (χ0n) is 38.8. The molecule has 56 heavy (non-hydrogen) atoms. The highest BCUT2D eigenvalue weighted by atomic mass is 16.5. The van der Waals surface area contributed by atoms with Crippen LogP contribution in [0, 0.1) is 17.8 Å². The first-order valence-electron chi connectivity index (χ1n) is 21.7. The minimum Gasteiger partial charge on any atom is -0.507 e. The Morgan fingerprint density at radius 1 is 0.554 bits per heavy atom. The van der Waals surface area contributed by atoms with Crippen molar-refractivity contribution in [3.8, 4) is 11.5 Å². The highest BCUT2D eigenvalue weighted by Gasteiger charge is 2.29. The first-order chi connectivity index (χ1) is 25.5. The Hall–Kier alpha value is -3.02. The Kier molecular flexibility index (Phi) is 20.2. The molecule has 0 saturated heterocycles. The standard InChI is InChI=1S/2C25H42O3/c1-18(2)12-10-9-11-15-28-22(26)14-13-19-16-20(24(3,4)5)23(27)21(17-19)25(6,7)8;1-17(2)12-10-9-11-13-19(23(27)28)14-18-15-20(24(3,4)5)22(26)21(16-18)25(6,7)8/h16-18,27H,9-15H2,1-8H3;15-17,19,26H,9-14H2,1-8H3,(H,27,28). The predicted molar refractivity (Wildman–Crippen MR) is 236 cm³/mol. The molecular weight excluding hydrogens is 697 g/mol. The van der Waals surface area contributed by atoms with Gasteiger partial charge in [-0.15, -0.1) is 0 Å². The normalized spacial score (nSPS) is 13.1. The molecule has 0 fully saturated rings. The monoisotopic (exact) mass is 781 g/mol. The van der Waals surface area contributed by atoms with Gasteiger partial charge >= 0.3 is 11.9 Å². The van der Waals surface area contributed by atoms with Crippen molar-refractivity contribution in [2.75, 3.05) is 6.61 Å². The Labute approximate surface area is 343 Å². The van der Waals surface area contributed by atoms with Crippen molar-refractivity contribution in [2.24, 2.45) is 17.8 Å². The molecule has 2 aromatic rings. The van der Waals surface area contributed by atoms with E-state index in [1.165, 1.54) is 25.7 Å². The van der Waals surface area contributed by atoms with Crippen LogP contribution in [0.15, 0.2) is 24.3 Å². The van der Waals surface area contributed by atoms with Gasteiger partial charge in [-0.3, -0.25) is 9.59 Å². The molecule has 2 rings (SSSR count). The number of aliphatic carboxylic acids is 1. The molecule has 0 aliphatic heterocycles. The van der Waals surface area contributed by atoms with Gasteiger partial charge in [-0.2, -0.15) is 0 Å². The lowest BCUT2D eigenvalue weighted by Crippen LogP contribution is -2.20. The summed E-state index contributed by atoms with van der Waals surface area (Å²) < 4.78 is 5.40. The molecule has 1 unspecified atom stereocenters. The summed E-state index contributed by atoms with van der Waals surface area (Å²) in [6, 6.07) is 8.12. The Bertz CT molecular complexity index is 1430. The number of ether oxygens (including phenoxy) is 1. The molecule has 0 bridgehead atoms. The summed E-state index contributed by atoms with van der Waals surface area (Å²) in [5, 5.41) is 31.4. The van der Waals surface area contributed by atoms with Gasteiger partial charge in [0.05, 0.1) is 12.5 Å². The van der Waals surface area contributed by atoms with Crippen LogP contribution in [0.3, 0.4) is 0 Å². The number of aromatic hydroxyl groups is 2. The summed E-state index contributed by atoms with van der Waals surface area (Å²) in [6.07, 6.45) is 11.2. The minimum atomic E-state index is -0.716. The number of hydrogen-bond acceptors (Lipinski definition) is 5. The molecule has 0 heterocycles. The van der Waals surface area contributed by atoms with Gasteiger partial charge in [0.25, 0.3) is 0 Å². The van der Waals surface area contributed by atoms with E-state index in [0.717, 1.165) is 65.0 Å². The minimum absolute atomic E-state index is 0.133. The SMILES string of the molecule is CC(C)CCCCCC(Cc1cc(C(C)(C)C)c(O)c(C(C)(C)C)c1)C(=O)O.CC(C)CCCCCOC(=O)CCc1cc(C(C)(C)C)c(O)c(C(C)(C)C)c1. The third kappa shape index (κ3) is 18.5. The van der Waals surface area contributed by atoms with Crippen LogP contribution in [0.1, 0.15) is 208 Å². The Balaban J connectivity index is 0.000000560. The number of hydrogen-bond donors (Lipinski definition) is 3. The Morgan fingerprint density at radius 2 is 0.911 bits per heavy atom. The largest absolute Gasteiger partial charge is 0.507 e. The van der Waals surface area contributed by atoms with Crippen LogP contribution in [0.5, 0.6) is 11.5 Å². The molecule has 0 radical (unpaired) electrons. The fraction of sp³-hybridized carbons (Fsp3) is 0.720.